The van der Waals surface area contributed by atoms with E-state index in [0.29, 0.717) is 0 Å². The molecule has 3 heterocycles. The van der Waals surface area contributed by atoms with Crippen LogP contribution in [0, 0.1) is 11.8 Å². The summed E-state index contributed by atoms with van der Waals surface area (Å²) in [5.41, 5.74) is 0.891. The van der Waals surface area contributed by atoms with Crippen molar-refractivity contribution in [1.29, 1.82) is 0 Å². The summed E-state index contributed by atoms with van der Waals surface area (Å²) in [6, 6.07) is 0. The lowest BCUT2D eigenvalue weighted by Crippen LogP contribution is -2.38. The van der Waals surface area contributed by atoms with Gasteiger partial charge in [0.1, 0.15) is 11.6 Å². The molecule has 2 unspecified atom stereocenters. The number of hydrogen-bond acceptors (Lipinski definition) is 5. The fourth-order valence-electron chi connectivity index (χ4n) is 3.02. The first-order chi connectivity index (χ1) is 10.1. The highest BCUT2D eigenvalue weighted by molar-refractivity contribution is 5.86. The van der Waals surface area contributed by atoms with Gasteiger partial charge in [0.25, 0.3) is 0 Å². The Hall–Kier alpha value is -1.69. The molecule has 21 heavy (non-hydrogen) atoms. The second kappa shape index (κ2) is 5.60. The molecule has 0 aliphatic carbocycles. The summed E-state index contributed by atoms with van der Waals surface area (Å²) in [6.07, 6.45) is 3.07. The molecular formula is C15H24N6. The highest BCUT2D eigenvalue weighted by atomic mass is 15.3. The van der Waals surface area contributed by atoms with E-state index in [9.17, 15) is 0 Å². The quantitative estimate of drug-likeness (QED) is 0.934. The number of anilines is 1. The second-order valence-electron chi connectivity index (χ2n) is 6.22. The van der Waals surface area contributed by atoms with Crippen LogP contribution in [0.2, 0.25) is 0 Å². The van der Waals surface area contributed by atoms with Crippen molar-refractivity contribution >= 4 is 16.9 Å². The number of nitrogens with zero attached hydrogens (tertiary/aromatic N) is 5. The van der Waals surface area contributed by atoms with E-state index in [1.54, 1.807) is 0 Å². The van der Waals surface area contributed by atoms with E-state index in [-0.39, 0.29) is 0 Å². The first-order valence-corrected chi connectivity index (χ1v) is 7.67. The van der Waals surface area contributed by atoms with Crippen LogP contribution in [-0.2, 0) is 13.6 Å². The van der Waals surface area contributed by atoms with Gasteiger partial charge >= 0.3 is 0 Å². The van der Waals surface area contributed by atoms with Crippen molar-refractivity contribution in [2.24, 2.45) is 18.9 Å². The lowest BCUT2D eigenvalue weighted by atomic mass is 9.89. The average Bonchev–Trinajstić information content (AvgIpc) is 2.84. The van der Waals surface area contributed by atoms with E-state index in [2.05, 4.69) is 39.1 Å². The van der Waals surface area contributed by atoms with Crippen molar-refractivity contribution in [1.82, 2.24) is 24.6 Å². The van der Waals surface area contributed by atoms with Gasteiger partial charge in [0.05, 0.1) is 18.1 Å². The van der Waals surface area contributed by atoms with Gasteiger partial charge in [-0.05, 0) is 24.8 Å². The number of rotatable bonds is 3. The lowest BCUT2D eigenvalue weighted by Gasteiger charge is -2.34. The number of aromatic nitrogens is 4. The van der Waals surface area contributed by atoms with Crippen molar-refractivity contribution in [3.63, 3.8) is 0 Å². The fraction of sp³-hybridized carbons (Fsp3) is 0.667. The topological polar surface area (TPSA) is 58.9 Å². The third-order valence-corrected chi connectivity index (χ3v) is 4.66. The Kier molecular flexibility index (Phi) is 3.80. The normalized spacial score (nSPS) is 23.6. The molecule has 2 aromatic rings. The van der Waals surface area contributed by atoms with Gasteiger partial charge in [-0.25, -0.2) is 9.97 Å². The van der Waals surface area contributed by atoms with Crippen molar-refractivity contribution in [2.75, 3.05) is 25.5 Å². The third-order valence-electron chi connectivity index (χ3n) is 4.66. The van der Waals surface area contributed by atoms with Crippen LogP contribution in [0.25, 0.3) is 11.0 Å². The predicted octanol–water partition coefficient (Wildman–Crippen LogP) is 1.88. The SMILES string of the molecule is CNc1nc(CN2CCC(C)C(C)C2)nc2c1cnn2C. The van der Waals surface area contributed by atoms with Gasteiger partial charge in [0.15, 0.2) is 5.65 Å². The molecule has 1 N–H and O–H groups in total. The largest absolute Gasteiger partial charge is 0.372 e. The number of likely N-dealkylation sites (tertiary alicyclic amines) is 1. The van der Waals surface area contributed by atoms with E-state index in [1.165, 1.54) is 6.42 Å². The molecule has 0 radical (unpaired) electrons. The molecule has 6 heteroatoms. The summed E-state index contributed by atoms with van der Waals surface area (Å²) >= 11 is 0. The molecule has 0 saturated carbocycles. The van der Waals surface area contributed by atoms with Crippen molar-refractivity contribution in [2.45, 2.75) is 26.8 Å². The second-order valence-corrected chi connectivity index (χ2v) is 6.22. The van der Waals surface area contributed by atoms with Crippen LogP contribution in [0.4, 0.5) is 5.82 Å². The zero-order valence-corrected chi connectivity index (χ0v) is 13.3. The molecule has 1 saturated heterocycles. The maximum Gasteiger partial charge on any atom is 0.163 e. The molecule has 2 atom stereocenters. The molecular weight excluding hydrogens is 264 g/mol. The predicted molar refractivity (Wildman–Crippen MR) is 84.1 cm³/mol. The van der Waals surface area contributed by atoms with Crippen LogP contribution >= 0.6 is 0 Å². The zero-order chi connectivity index (χ0) is 15.0. The number of nitrogens with one attached hydrogen (secondary N) is 1. The summed E-state index contributed by atoms with van der Waals surface area (Å²) in [6.45, 7) is 7.75. The summed E-state index contributed by atoms with van der Waals surface area (Å²) in [7, 11) is 3.81. The summed E-state index contributed by atoms with van der Waals surface area (Å²) in [5, 5.41) is 8.40. The van der Waals surface area contributed by atoms with Crippen LogP contribution in [0.5, 0.6) is 0 Å². The van der Waals surface area contributed by atoms with Gasteiger partial charge in [-0.1, -0.05) is 13.8 Å². The molecule has 2 aromatic heterocycles. The Balaban J connectivity index is 1.85. The van der Waals surface area contributed by atoms with Gasteiger partial charge in [0, 0.05) is 20.6 Å². The molecule has 0 amide bonds. The summed E-state index contributed by atoms with van der Waals surface area (Å²) < 4.78 is 1.81. The fourth-order valence-corrected chi connectivity index (χ4v) is 3.02. The molecule has 114 valence electrons. The van der Waals surface area contributed by atoms with Crippen LogP contribution < -0.4 is 5.32 Å². The first-order valence-electron chi connectivity index (χ1n) is 7.67. The smallest absolute Gasteiger partial charge is 0.163 e. The molecule has 1 aliphatic heterocycles. The van der Waals surface area contributed by atoms with Gasteiger partial charge in [0.2, 0.25) is 0 Å². The lowest BCUT2D eigenvalue weighted by molar-refractivity contribution is 0.129. The van der Waals surface area contributed by atoms with Crippen LogP contribution in [0.3, 0.4) is 0 Å². The number of hydrogen-bond donors (Lipinski definition) is 1. The molecule has 3 rings (SSSR count). The molecule has 0 aromatic carbocycles. The molecule has 6 nitrogen and oxygen atoms in total. The van der Waals surface area contributed by atoms with E-state index in [0.717, 1.165) is 54.1 Å². The molecule has 0 bridgehead atoms. The van der Waals surface area contributed by atoms with Crippen molar-refractivity contribution in [3.8, 4) is 0 Å². The monoisotopic (exact) mass is 288 g/mol. The standard InChI is InChI=1S/C15H24N6/c1-10-5-6-21(8-11(10)2)9-13-18-14(16-3)12-7-17-20(4)15(12)19-13/h7,10-11H,5-6,8-9H2,1-4H3,(H,16,18,19). The zero-order valence-electron chi connectivity index (χ0n) is 13.3. The van der Waals surface area contributed by atoms with Crippen molar-refractivity contribution in [3.05, 3.63) is 12.0 Å². The van der Waals surface area contributed by atoms with Crippen LogP contribution in [0.15, 0.2) is 6.20 Å². The highest BCUT2D eigenvalue weighted by Gasteiger charge is 2.23. The minimum absolute atomic E-state index is 0.739. The molecule has 0 spiro atoms. The van der Waals surface area contributed by atoms with Gasteiger partial charge < -0.3 is 5.32 Å². The maximum absolute atomic E-state index is 4.69. The number of piperidine rings is 1. The maximum atomic E-state index is 4.69. The Morgan fingerprint density at radius 3 is 2.81 bits per heavy atom. The summed E-state index contributed by atoms with van der Waals surface area (Å²) in [4.78, 5) is 11.8. The highest BCUT2D eigenvalue weighted by Crippen LogP contribution is 2.24. The summed E-state index contributed by atoms with van der Waals surface area (Å²) in [5.74, 6) is 3.29. The average molecular weight is 288 g/mol. The Labute approximate surface area is 125 Å². The number of fused-ring (bicyclic) bond motifs is 1. The minimum Gasteiger partial charge on any atom is -0.372 e. The molecule has 1 aliphatic rings. The van der Waals surface area contributed by atoms with Crippen LogP contribution in [0.1, 0.15) is 26.1 Å². The van der Waals surface area contributed by atoms with E-state index < -0.39 is 0 Å². The minimum atomic E-state index is 0.739. The number of aryl methyl sites for hydroxylation is 1. The third kappa shape index (κ3) is 2.72. The van der Waals surface area contributed by atoms with E-state index in [4.69, 9.17) is 0 Å². The Bertz CT molecular complexity index is 634. The van der Waals surface area contributed by atoms with Crippen LogP contribution in [-0.4, -0.2) is 44.8 Å². The van der Waals surface area contributed by atoms with Gasteiger partial charge in [-0.3, -0.25) is 9.58 Å². The van der Waals surface area contributed by atoms with Crippen molar-refractivity contribution < 1.29 is 0 Å². The first kappa shape index (κ1) is 14.3. The van der Waals surface area contributed by atoms with Gasteiger partial charge in [-0.2, -0.15) is 5.10 Å². The van der Waals surface area contributed by atoms with E-state index >= 15 is 0 Å². The Morgan fingerprint density at radius 2 is 2.10 bits per heavy atom. The van der Waals surface area contributed by atoms with Gasteiger partial charge in [-0.15, -0.1) is 0 Å². The Morgan fingerprint density at radius 1 is 1.29 bits per heavy atom. The molecule has 1 fully saturated rings. The van der Waals surface area contributed by atoms with E-state index in [1.807, 2.05) is 25.0 Å².